The third-order valence-corrected chi connectivity index (χ3v) is 5.34. The molecule has 1 aromatic rings. The number of benzene rings is 1. The number of hydrogen-bond donors (Lipinski definition) is 0. The molecule has 1 aliphatic heterocycles. The minimum absolute atomic E-state index is 0.0397. The van der Waals surface area contributed by atoms with Crippen LogP contribution in [0.5, 0.6) is 11.5 Å². The maximum Gasteiger partial charge on any atom is 0.233 e. The third kappa shape index (κ3) is 3.70. The maximum atomic E-state index is 12.1. The molecule has 0 radical (unpaired) electrons. The van der Waals surface area contributed by atoms with Gasteiger partial charge in [-0.15, -0.1) is 11.8 Å². The second-order valence-electron chi connectivity index (χ2n) is 4.68. The van der Waals surface area contributed by atoms with Crippen molar-refractivity contribution in [3.8, 4) is 11.5 Å². The number of nitrogens with zero attached hydrogens (tertiary/aromatic N) is 1. The molecule has 1 heterocycles. The Balaban J connectivity index is 2.27. The van der Waals surface area contributed by atoms with Crippen molar-refractivity contribution in [2.24, 2.45) is 0 Å². The predicted molar refractivity (Wildman–Crippen MR) is 90.7 cm³/mol. The van der Waals surface area contributed by atoms with Crippen molar-refractivity contribution < 1.29 is 19.0 Å². The quantitative estimate of drug-likeness (QED) is 0.670. The molecule has 1 fully saturated rings. The first-order valence-electron chi connectivity index (χ1n) is 7.02. The van der Waals surface area contributed by atoms with Gasteiger partial charge in [-0.1, -0.05) is 15.9 Å². The van der Waals surface area contributed by atoms with Gasteiger partial charge in [0.25, 0.3) is 0 Å². The minimum Gasteiger partial charge on any atom is -0.493 e. The van der Waals surface area contributed by atoms with Crippen LogP contribution in [0.15, 0.2) is 16.6 Å². The monoisotopic (exact) mass is 389 g/mol. The fraction of sp³-hybridized carbons (Fsp3) is 0.533. The van der Waals surface area contributed by atoms with Gasteiger partial charge in [0.15, 0.2) is 11.5 Å². The number of rotatable bonds is 7. The summed E-state index contributed by atoms with van der Waals surface area (Å²) in [5.74, 6) is 1.94. The molecule has 22 heavy (non-hydrogen) atoms. The summed E-state index contributed by atoms with van der Waals surface area (Å²) in [5.41, 5.74) is 1.00. The van der Waals surface area contributed by atoms with E-state index in [0.717, 1.165) is 10.0 Å². The highest BCUT2D eigenvalue weighted by molar-refractivity contribution is 9.10. The van der Waals surface area contributed by atoms with E-state index in [0.29, 0.717) is 37.0 Å². The first-order valence-corrected chi connectivity index (χ1v) is 8.86. The molecule has 122 valence electrons. The summed E-state index contributed by atoms with van der Waals surface area (Å²) in [6.07, 6.45) is 0. The molecule has 0 saturated carbocycles. The van der Waals surface area contributed by atoms with E-state index < -0.39 is 0 Å². The average molecular weight is 390 g/mol. The average Bonchev–Trinajstić information content (AvgIpc) is 2.88. The lowest BCUT2D eigenvalue weighted by molar-refractivity contribution is -0.128. The van der Waals surface area contributed by atoms with Crippen LogP contribution in [0.1, 0.15) is 17.9 Å². The summed E-state index contributed by atoms with van der Waals surface area (Å²) in [6, 6.07) is 3.80. The first kappa shape index (κ1) is 17.4. The van der Waals surface area contributed by atoms with Gasteiger partial charge < -0.3 is 19.1 Å². The molecule has 2 rings (SSSR count). The van der Waals surface area contributed by atoms with E-state index >= 15 is 0 Å². The minimum atomic E-state index is -0.0397. The van der Waals surface area contributed by atoms with Crippen LogP contribution in [-0.2, 0) is 9.53 Å². The van der Waals surface area contributed by atoms with Gasteiger partial charge in [-0.25, -0.2) is 0 Å². The van der Waals surface area contributed by atoms with Gasteiger partial charge in [0.05, 0.1) is 26.6 Å². The number of carbonyl (C=O) groups excluding carboxylic acids is 1. The number of ether oxygens (including phenoxy) is 3. The van der Waals surface area contributed by atoms with Gasteiger partial charge in [0.2, 0.25) is 5.91 Å². The first-order chi connectivity index (χ1) is 10.6. The van der Waals surface area contributed by atoms with Crippen LogP contribution in [0, 0.1) is 0 Å². The fourth-order valence-corrected chi connectivity index (χ4v) is 4.25. The molecule has 1 saturated heterocycles. The molecule has 0 aromatic heterocycles. The molecule has 0 aliphatic carbocycles. The molecule has 0 spiro atoms. The lowest BCUT2D eigenvalue weighted by Crippen LogP contribution is -2.31. The maximum absolute atomic E-state index is 12.1. The Kier molecular flexibility index (Phi) is 6.40. The molecule has 1 atom stereocenters. The molecular weight excluding hydrogens is 370 g/mol. The Labute approximate surface area is 143 Å². The van der Waals surface area contributed by atoms with Gasteiger partial charge in [-0.05, 0) is 19.1 Å². The zero-order chi connectivity index (χ0) is 16.1. The Hall–Kier alpha value is -0.920. The highest BCUT2D eigenvalue weighted by Gasteiger charge is 2.34. The third-order valence-electron chi connectivity index (χ3n) is 3.42. The molecule has 1 aromatic carbocycles. The van der Waals surface area contributed by atoms with Crippen molar-refractivity contribution in [1.82, 2.24) is 4.90 Å². The Morgan fingerprint density at radius 1 is 1.32 bits per heavy atom. The number of thioether (sulfide) groups is 1. The van der Waals surface area contributed by atoms with E-state index in [1.807, 2.05) is 24.0 Å². The smallest absolute Gasteiger partial charge is 0.233 e. The molecule has 0 N–H and O–H groups in total. The summed E-state index contributed by atoms with van der Waals surface area (Å²) in [4.78, 5) is 14.0. The predicted octanol–water partition coefficient (Wildman–Crippen LogP) is 3.08. The summed E-state index contributed by atoms with van der Waals surface area (Å²) < 4.78 is 17.0. The highest BCUT2D eigenvalue weighted by Crippen LogP contribution is 2.45. The second kappa shape index (κ2) is 8.08. The molecule has 7 heteroatoms. The number of methoxy groups -OCH3 is 2. The summed E-state index contributed by atoms with van der Waals surface area (Å²) in [7, 11) is 3.21. The van der Waals surface area contributed by atoms with Crippen LogP contribution in [-0.4, -0.2) is 50.5 Å². The van der Waals surface area contributed by atoms with E-state index in [9.17, 15) is 4.79 Å². The van der Waals surface area contributed by atoms with Crippen LogP contribution in [0.4, 0.5) is 0 Å². The van der Waals surface area contributed by atoms with E-state index in [4.69, 9.17) is 14.2 Å². The second-order valence-corrected chi connectivity index (χ2v) is 6.60. The summed E-state index contributed by atoms with van der Waals surface area (Å²) in [5, 5.41) is -0.0397. The van der Waals surface area contributed by atoms with Crippen LogP contribution in [0.25, 0.3) is 0 Å². The number of hydrogen-bond acceptors (Lipinski definition) is 5. The van der Waals surface area contributed by atoms with E-state index in [1.54, 1.807) is 26.0 Å². The fourth-order valence-electron chi connectivity index (χ4n) is 2.32. The molecule has 5 nitrogen and oxygen atoms in total. The van der Waals surface area contributed by atoms with Crippen molar-refractivity contribution in [3.63, 3.8) is 0 Å². The van der Waals surface area contributed by atoms with E-state index in [2.05, 4.69) is 15.9 Å². The number of halogens is 1. The van der Waals surface area contributed by atoms with Crippen molar-refractivity contribution in [3.05, 3.63) is 22.2 Å². The normalized spacial score (nSPS) is 17.9. The Bertz CT molecular complexity index is 541. The molecule has 1 amide bonds. The lowest BCUT2D eigenvalue weighted by atomic mass is 10.1. The standard InChI is InChI=1S/C15H20BrNO4S/c1-4-21-6-5-17-14(18)9-22-15(17)10-7-12(19-2)13(20-3)8-11(10)16/h7-8,15H,4-6,9H2,1-3H3. The molecule has 0 bridgehead atoms. The topological polar surface area (TPSA) is 48.0 Å². The van der Waals surface area contributed by atoms with Gasteiger partial charge in [0, 0.05) is 23.2 Å². The van der Waals surface area contributed by atoms with Crippen LogP contribution >= 0.6 is 27.7 Å². The zero-order valence-electron chi connectivity index (χ0n) is 12.9. The van der Waals surface area contributed by atoms with Crippen molar-refractivity contribution in [2.45, 2.75) is 12.3 Å². The SMILES string of the molecule is CCOCCN1C(=O)CSC1c1cc(OC)c(OC)cc1Br. The Morgan fingerprint density at radius 2 is 2.00 bits per heavy atom. The largest absolute Gasteiger partial charge is 0.493 e. The number of amides is 1. The van der Waals surface area contributed by atoms with E-state index in [1.165, 1.54) is 0 Å². The van der Waals surface area contributed by atoms with Crippen molar-refractivity contribution in [2.75, 3.05) is 39.7 Å². The van der Waals surface area contributed by atoms with Gasteiger partial charge >= 0.3 is 0 Å². The summed E-state index contributed by atoms with van der Waals surface area (Å²) >= 11 is 5.18. The van der Waals surface area contributed by atoms with Gasteiger partial charge in [-0.2, -0.15) is 0 Å². The number of carbonyl (C=O) groups is 1. The Morgan fingerprint density at radius 3 is 2.64 bits per heavy atom. The zero-order valence-corrected chi connectivity index (χ0v) is 15.3. The van der Waals surface area contributed by atoms with Gasteiger partial charge in [0.1, 0.15) is 5.37 Å². The molecule has 1 aliphatic rings. The van der Waals surface area contributed by atoms with Crippen molar-refractivity contribution in [1.29, 1.82) is 0 Å². The highest BCUT2D eigenvalue weighted by atomic mass is 79.9. The summed E-state index contributed by atoms with van der Waals surface area (Å²) in [6.45, 7) is 3.73. The van der Waals surface area contributed by atoms with Crippen LogP contribution in [0.2, 0.25) is 0 Å². The lowest BCUT2D eigenvalue weighted by Gasteiger charge is -2.25. The van der Waals surface area contributed by atoms with Crippen molar-refractivity contribution >= 4 is 33.6 Å². The van der Waals surface area contributed by atoms with E-state index in [-0.39, 0.29) is 11.3 Å². The molecule has 1 unspecified atom stereocenters. The van der Waals surface area contributed by atoms with Crippen LogP contribution in [0.3, 0.4) is 0 Å². The van der Waals surface area contributed by atoms with Gasteiger partial charge in [-0.3, -0.25) is 4.79 Å². The molecular formula is C15H20BrNO4S. The van der Waals surface area contributed by atoms with Crippen LogP contribution < -0.4 is 9.47 Å².